The zero-order valence-corrected chi connectivity index (χ0v) is 11.8. The van der Waals surface area contributed by atoms with Gasteiger partial charge in [-0.15, -0.1) is 0 Å². The second-order valence-corrected chi connectivity index (χ2v) is 7.39. The second-order valence-electron chi connectivity index (χ2n) is 7.39. The predicted octanol–water partition coefficient (Wildman–Crippen LogP) is 2.62. The fraction of sp³-hybridized carbons (Fsp3) is 0.867. The van der Waals surface area contributed by atoms with Crippen LogP contribution in [0.5, 0.6) is 0 Å². The Balaban J connectivity index is 1.68. The molecule has 4 aliphatic carbocycles. The van der Waals surface area contributed by atoms with E-state index in [1.54, 1.807) is 0 Å². The zero-order chi connectivity index (χ0) is 13.2. The van der Waals surface area contributed by atoms with E-state index in [2.05, 4.69) is 17.1 Å². The molecule has 104 valence electrons. The summed E-state index contributed by atoms with van der Waals surface area (Å²) in [5.41, 5.74) is 6.23. The minimum Gasteiger partial charge on any atom is -0.337 e. The SMILES string of the molecule is Cc1noc(C(C)(N)C2C3CC4CC(C3)CC2C4)n1. The van der Waals surface area contributed by atoms with Crippen LogP contribution in [0.2, 0.25) is 0 Å². The van der Waals surface area contributed by atoms with Gasteiger partial charge in [-0.3, -0.25) is 0 Å². The van der Waals surface area contributed by atoms with Crippen molar-refractivity contribution in [1.29, 1.82) is 0 Å². The van der Waals surface area contributed by atoms with E-state index in [1.807, 2.05) is 6.92 Å². The molecule has 1 heterocycles. The van der Waals surface area contributed by atoms with Gasteiger partial charge in [0.05, 0.1) is 5.54 Å². The van der Waals surface area contributed by atoms with Crippen molar-refractivity contribution in [2.75, 3.05) is 0 Å². The third-order valence-electron chi connectivity index (χ3n) is 5.91. The van der Waals surface area contributed by atoms with Gasteiger partial charge in [-0.25, -0.2) is 0 Å². The number of nitrogens with zero attached hydrogens (tertiary/aromatic N) is 2. The fourth-order valence-corrected chi connectivity index (χ4v) is 5.56. The topological polar surface area (TPSA) is 64.9 Å². The molecule has 4 bridgehead atoms. The van der Waals surface area contributed by atoms with Gasteiger partial charge in [0.1, 0.15) is 0 Å². The third kappa shape index (κ3) is 1.69. The Morgan fingerprint density at radius 3 is 2.16 bits per heavy atom. The molecule has 0 spiro atoms. The molecule has 0 amide bonds. The molecule has 0 saturated heterocycles. The lowest BCUT2D eigenvalue weighted by atomic mass is 9.48. The maximum Gasteiger partial charge on any atom is 0.246 e. The highest BCUT2D eigenvalue weighted by Gasteiger charge is 2.55. The van der Waals surface area contributed by atoms with Crippen molar-refractivity contribution >= 4 is 0 Å². The highest BCUT2D eigenvalue weighted by atomic mass is 16.5. The van der Waals surface area contributed by atoms with Crippen LogP contribution in [0.4, 0.5) is 0 Å². The lowest BCUT2D eigenvalue weighted by Crippen LogP contribution is -2.56. The van der Waals surface area contributed by atoms with Gasteiger partial charge < -0.3 is 10.3 Å². The van der Waals surface area contributed by atoms with Crippen molar-refractivity contribution in [3.63, 3.8) is 0 Å². The molecule has 2 N–H and O–H groups in total. The Kier molecular flexibility index (Phi) is 2.39. The summed E-state index contributed by atoms with van der Waals surface area (Å²) < 4.78 is 5.40. The van der Waals surface area contributed by atoms with Gasteiger partial charge in [-0.1, -0.05) is 5.16 Å². The Morgan fingerprint density at radius 1 is 1.11 bits per heavy atom. The average Bonchev–Trinajstić information content (AvgIpc) is 2.74. The first-order valence-electron chi connectivity index (χ1n) is 7.63. The maximum atomic E-state index is 6.68. The molecule has 1 aromatic rings. The van der Waals surface area contributed by atoms with Gasteiger partial charge in [-0.2, -0.15) is 4.98 Å². The summed E-state index contributed by atoms with van der Waals surface area (Å²) in [5.74, 6) is 5.35. The van der Waals surface area contributed by atoms with Crippen LogP contribution in [-0.4, -0.2) is 10.1 Å². The van der Waals surface area contributed by atoms with E-state index in [0.29, 0.717) is 17.6 Å². The molecule has 4 nitrogen and oxygen atoms in total. The molecule has 19 heavy (non-hydrogen) atoms. The van der Waals surface area contributed by atoms with Crippen molar-refractivity contribution in [1.82, 2.24) is 10.1 Å². The minimum absolute atomic E-state index is 0.454. The van der Waals surface area contributed by atoms with Gasteiger partial charge in [0, 0.05) is 0 Å². The molecular formula is C15H23N3O. The summed E-state index contributed by atoms with van der Waals surface area (Å²) >= 11 is 0. The quantitative estimate of drug-likeness (QED) is 0.888. The van der Waals surface area contributed by atoms with Crippen LogP contribution in [0.3, 0.4) is 0 Å². The van der Waals surface area contributed by atoms with E-state index in [1.165, 1.54) is 32.1 Å². The molecule has 4 heteroatoms. The minimum atomic E-state index is -0.454. The molecule has 0 aromatic carbocycles. The standard InChI is InChI=1S/C15H23N3O/c1-8-17-14(19-18-8)15(2,16)13-11-4-9-3-10(6-11)7-12(13)5-9/h9-13H,3-7,16H2,1-2H3. The smallest absolute Gasteiger partial charge is 0.246 e. The first kappa shape index (κ1) is 11.9. The Bertz CT molecular complexity index is 465. The van der Waals surface area contributed by atoms with Crippen LogP contribution in [-0.2, 0) is 5.54 Å². The van der Waals surface area contributed by atoms with E-state index >= 15 is 0 Å². The van der Waals surface area contributed by atoms with E-state index < -0.39 is 5.54 Å². The number of aryl methyl sites for hydroxylation is 1. The summed E-state index contributed by atoms with van der Waals surface area (Å²) in [6.45, 7) is 3.97. The first-order chi connectivity index (χ1) is 9.04. The molecule has 4 aliphatic rings. The summed E-state index contributed by atoms with van der Waals surface area (Å²) in [6.07, 6.45) is 6.96. The largest absolute Gasteiger partial charge is 0.337 e. The van der Waals surface area contributed by atoms with E-state index in [9.17, 15) is 0 Å². The number of nitrogens with two attached hydrogens (primary N) is 1. The number of aromatic nitrogens is 2. The molecule has 0 aliphatic heterocycles. The second kappa shape index (κ2) is 3.81. The van der Waals surface area contributed by atoms with E-state index in [-0.39, 0.29) is 0 Å². The Morgan fingerprint density at radius 2 is 1.68 bits per heavy atom. The summed E-state index contributed by atoms with van der Waals surface area (Å²) in [4.78, 5) is 4.41. The van der Waals surface area contributed by atoms with Crippen molar-refractivity contribution < 1.29 is 4.52 Å². The van der Waals surface area contributed by atoms with Crippen molar-refractivity contribution in [2.24, 2.45) is 35.3 Å². The molecule has 1 atom stereocenters. The number of rotatable bonds is 2. The monoisotopic (exact) mass is 261 g/mol. The van der Waals surface area contributed by atoms with Crippen LogP contribution in [0.25, 0.3) is 0 Å². The highest BCUT2D eigenvalue weighted by Crippen LogP contribution is 2.59. The van der Waals surface area contributed by atoms with Crippen LogP contribution >= 0.6 is 0 Å². The van der Waals surface area contributed by atoms with Gasteiger partial charge in [-0.05, 0) is 75.5 Å². The highest BCUT2D eigenvalue weighted by molar-refractivity contribution is 5.11. The van der Waals surface area contributed by atoms with Gasteiger partial charge in [0.25, 0.3) is 0 Å². The molecule has 1 aromatic heterocycles. The molecule has 1 unspecified atom stereocenters. The van der Waals surface area contributed by atoms with Crippen LogP contribution in [0, 0.1) is 36.5 Å². The molecule has 4 fully saturated rings. The fourth-order valence-electron chi connectivity index (χ4n) is 5.56. The number of hydrogen-bond donors (Lipinski definition) is 1. The first-order valence-corrected chi connectivity index (χ1v) is 7.63. The van der Waals surface area contributed by atoms with Gasteiger partial charge in [0.15, 0.2) is 5.82 Å². The molecule has 4 saturated carbocycles. The average molecular weight is 261 g/mol. The van der Waals surface area contributed by atoms with E-state index in [0.717, 1.165) is 23.7 Å². The number of hydrogen-bond acceptors (Lipinski definition) is 4. The Labute approximate surface area is 114 Å². The summed E-state index contributed by atoms with van der Waals surface area (Å²) in [6, 6.07) is 0. The Hall–Kier alpha value is -0.900. The van der Waals surface area contributed by atoms with Crippen molar-refractivity contribution in [3.8, 4) is 0 Å². The zero-order valence-electron chi connectivity index (χ0n) is 11.8. The van der Waals surface area contributed by atoms with Gasteiger partial charge >= 0.3 is 0 Å². The predicted molar refractivity (Wildman–Crippen MR) is 71.1 cm³/mol. The lowest BCUT2D eigenvalue weighted by Gasteiger charge is -2.57. The molecular weight excluding hydrogens is 238 g/mol. The van der Waals surface area contributed by atoms with Crippen LogP contribution in [0.1, 0.15) is 50.7 Å². The van der Waals surface area contributed by atoms with Crippen molar-refractivity contribution in [3.05, 3.63) is 11.7 Å². The molecule has 0 radical (unpaired) electrons. The summed E-state index contributed by atoms with van der Waals surface area (Å²) in [7, 11) is 0. The summed E-state index contributed by atoms with van der Waals surface area (Å²) in [5, 5.41) is 3.93. The van der Waals surface area contributed by atoms with Crippen LogP contribution < -0.4 is 5.73 Å². The molecule has 5 rings (SSSR count). The van der Waals surface area contributed by atoms with Gasteiger partial charge in [0.2, 0.25) is 5.89 Å². The van der Waals surface area contributed by atoms with Crippen molar-refractivity contribution in [2.45, 2.75) is 51.5 Å². The maximum absolute atomic E-state index is 6.68. The normalized spacial score (nSPS) is 43.4. The van der Waals surface area contributed by atoms with E-state index in [4.69, 9.17) is 10.3 Å². The third-order valence-corrected chi connectivity index (χ3v) is 5.91. The lowest BCUT2D eigenvalue weighted by molar-refractivity contribution is -0.0735. The van der Waals surface area contributed by atoms with Crippen LogP contribution in [0.15, 0.2) is 4.52 Å².